The predicted octanol–water partition coefficient (Wildman–Crippen LogP) is 6.81. The number of likely N-dealkylation sites (tertiary alicyclic amines) is 2. The zero-order chi connectivity index (χ0) is 36.7. The fraction of sp³-hybridized carbons (Fsp3) is 0.394. The van der Waals surface area contributed by atoms with Crippen molar-refractivity contribution in [1.82, 2.24) is 9.80 Å². The zero-order valence-electron chi connectivity index (χ0n) is 26.1. The van der Waals surface area contributed by atoms with Gasteiger partial charge >= 0.3 is 18.4 Å². The fourth-order valence-electron chi connectivity index (χ4n) is 6.42. The number of ether oxygens (including phenoxy) is 1. The highest BCUT2D eigenvalue weighted by molar-refractivity contribution is 7.92. The van der Waals surface area contributed by atoms with Crippen molar-refractivity contribution in [2.24, 2.45) is 5.92 Å². The van der Waals surface area contributed by atoms with Crippen LogP contribution in [-0.4, -0.2) is 62.8 Å². The second-order valence-electron chi connectivity index (χ2n) is 12.2. The number of anilines is 1. The molecule has 0 aromatic heterocycles. The van der Waals surface area contributed by atoms with Crippen LogP contribution in [0.5, 0.6) is 0 Å². The molecule has 2 aliphatic rings. The lowest BCUT2D eigenvalue weighted by molar-refractivity contribution is -0.392. The van der Waals surface area contributed by atoms with Gasteiger partial charge in [-0.2, -0.15) is 31.6 Å². The van der Waals surface area contributed by atoms with Crippen molar-refractivity contribution in [2.75, 3.05) is 31.9 Å². The molecule has 2 N–H and O–H groups in total. The number of amides is 2. The van der Waals surface area contributed by atoms with Gasteiger partial charge in [0.05, 0.1) is 17.6 Å². The van der Waals surface area contributed by atoms with Crippen LogP contribution in [0.2, 0.25) is 0 Å². The summed E-state index contributed by atoms with van der Waals surface area (Å²) in [5, 5.41) is 9.20. The van der Waals surface area contributed by atoms with E-state index >= 15 is 0 Å². The van der Waals surface area contributed by atoms with Crippen LogP contribution in [0.1, 0.15) is 36.0 Å². The van der Waals surface area contributed by atoms with Gasteiger partial charge in [-0.1, -0.05) is 30.3 Å². The summed E-state index contributed by atoms with van der Waals surface area (Å²) in [7, 11) is -4.51. The summed E-state index contributed by atoms with van der Waals surface area (Å²) < 4.78 is 147. The summed E-state index contributed by atoms with van der Waals surface area (Å²) in [5.74, 6) is -3.11. The van der Waals surface area contributed by atoms with E-state index in [1.165, 1.54) is 34.1 Å². The summed E-state index contributed by atoms with van der Waals surface area (Å²) in [6.45, 7) is -1.92. The monoisotopic (exact) mass is 730 g/mol. The molecule has 0 spiro atoms. The number of halogens is 8. The first-order chi connectivity index (χ1) is 23.4. The highest BCUT2D eigenvalue weighted by Gasteiger charge is 2.73. The minimum atomic E-state index is -6.21. The predicted molar refractivity (Wildman–Crippen MR) is 163 cm³/mol. The maximum absolute atomic E-state index is 14.5. The average Bonchev–Trinajstić information content (AvgIpc) is 3.53. The number of benzene rings is 3. The quantitative estimate of drug-likeness (QED) is 0.211. The molecule has 2 fully saturated rings. The number of hydrogen-bond donors (Lipinski definition) is 1. The fourth-order valence-corrected chi connectivity index (χ4v) is 8.50. The van der Waals surface area contributed by atoms with Crippen LogP contribution in [0.15, 0.2) is 71.6 Å². The average molecular weight is 731 g/mol. The van der Waals surface area contributed by atoms with Crippen molar-refractivity contribution in [3.63, 3.8) is 0 Å². The van der Waals surface area contributed by atoms with Gasteiger partial charge in [-0.25, -0.2) is 22.0 Å². The third-order valence-corrected chi connectivity index (χ3v) is 11.8. The number of nitrogens with zero attached hydrogens (tertiary/aromatic N) is 3. The molecule has 5 rings (SSSR count). The first-order valence-corrected chi connectivity index (χ1v) is 16.7. The van der Waals surface area contributed by atoms with E-state index in [4.69, 9.17) is 5.73 Å². The van der Waals surface area contributed by atoms with Crippen LogP contribution in [-0.2, 0) is 31.5 Å². The minimum Gasteiger partial charge on any atom is -0.399 e. The van der Waals surface area contributed by atoms with Crippen LogP contribution < -0.4 is 5.73 Å². The van der Waals surface area contributed by atoms with E-state index in [0.29, 0.717) is 37.1 Å². The van der Waals surface area contributed by atoms with Crippen LogP contribution >= 0.6 is 0 Å². The lowest BCUT2D eigenvalue weighted by Gasteiger charge is -2.38. The molecule has 0 unspecified atom stereocenters. The zero-order valence-corrected chi connectivity index (χ0v) is 26.9. The Morgan fingerprint density at radius 3 is 1.96 bits per heavy atom. The van der Waals surface area contributed by atoms with Crippen molar-refractivity contribution in [3.05, 3.63) is 95.1 Å². The van der Waals surface area contributed by atoms with Gasteiger partial charge in [0.15, 0.2) is 9.84 Å². The maximum Gasteiger partial charge on any atom is 0.430 e. The Hall–Kier alpha value is -4.43. The van der Waals surface area contributed by atoms with Crippen molar-refractivity contribution in [1.29, 1.82) is 5.26 Å². The number of hydrogen-bond acceptors (Lipinski definition) is 6. The lowest BCUT2D eigenvalue weighted by Crippen LogP contribution is -2.56. The number of carbonyl (C=O) groups is 1. The Bertz CT molecular complexity index is 1840. The topological polar surface area (TPSA) is 117 Å². The SMILES string of the molecule is N#CC1CCN(C(=O)N2CC[C@](c3ccc(C(OCc4c(F)cccc4F)(C(F)(F)F)C(F)(F)F)cc3)(S(=O)(=O)c3ccc(N)cc3)C2)CC1. The number of urea groups is 1. The smallest absolute Gasteiger partial charge is 0.399 e. The third-order valence-electron chi connectivity index (χ3n) is 9.27. The van der Waals surface area contributed by atoms with E-state index in [2.05, 4.69) is 10.8 Å². The molecule has 3 aromatic rings. The number of nitrogens with two attached hydrogens (primary N) is 1. The number of nitrogen functional groups attached to an aromatic ring is 1. The van der Waals surface area contributed by atoms with E-state index in [-0.39, 0.29) is 48.1 Å². The van der Waals surface area contributed by atoms with E-state index in [9.17, 15) is 53.6 Å². The molecule has 1 atom stereocenters. The molecule has 8 nitrogen and oxygen atoms in total. The molecule has 0 bridgehead atoms. The second-order valence-corrected chi connectivity index (χ2v) is 14.4. The Morgan fingerprint density at radius 2 is 1.44 bits per heavy atom. The number of nitriles is 1. The molecule has 2 heterocycles. The highest BCUT2D eigenvalue weighted by Crippen LogP contribution is 2.54. The van der Waals surface area contributed by atoms with Crippen LogP contribution in [0.25, 0.3) is 0 Å². The number of sulfone groups is 1. The number of alkyl halides is 6. The molecule has 2 saturated heterocycles. The summed E-state index contributed by atoms with van der Waals surface area (Å²) in [4.78, 5) is 16.0. The number of carbonyl (C=O) groups excluding carboxylic acids is 1. The first kappa shape index (κ1) is 36.8. The van der Waals surface area contributed by atoms with Crippen LogP contribution in [0.3, 0.4) is 0 Å². The van der Waals surface area contributed by atoms with Crippen molar-refractivity contribution >= 4 is 21.6 Å². The Kier molecular flexibility index (Phi) is 9.85. The molecule has 0 saturated carbocycles. The Morgan fingerprint density at radius 1 is 0.880 bits per heavy atom. The van der Waals surface area contributed by atoms with Gasteiger partial charge < -0.3 is 20.3 Å². The number of piperidine rings is 1. The Labute approximate surface area is 281 Å². The molecule has 3 aromatic carbocycles. The van der Waals surface area contributed by atoms with Crippen LogP contribution in [0.4, 0.5) is 45.6 Å². The van der Waals surface area contributed by atoms with E-state index in [1.807, 2.05) is 0 Å². The first-order valence-electron chi connectivity index (χ1n) is 15.2. The van der Waals surface area contributed by atoms with Gasteiger partial charge in [0, 0.05) is 48.9 Å². The Balaban J connectivity index is 1.57. The molecular weight excluding hydrogens is 700 g/mol. The highest BCUT2D eigenvalue weighted by atomic mass is 32.2. The largest absolute Gasteiger partial charge is 0.430 e. The third kappa shape index (κ3) is 6.34. The van der Waals surface area contributed by atoms with Gasteiger partial charge in [0.2, 0.25) is 0 Å². The molecule has 0 radical (unpaired) electrons. The number of rotatable bonds is 7. The van der Waals surface area contributed by atoms with Gasteiger partial charge in [0.25, 0.3) is 5.60 Å². The summed E-state index contributed by atoms with van der Waals surface area (Å²) >= 11 is 0. The molecule has 0 aliphatic carbocycles. The normalized spacial score (nSPS) is 19.4. The van der Waals surface area contributed by atoms with E-state index in [1.54, 1.807) is 0 Å². The maximum atomic E-state index is 14.5. The van der Waals surface area contributed by atoms with Crippen molar-refractivity contribution < 1.29 is 53.1 Å². The molecule has 268 valence electrons. The van der Waals surface area contributed by atoms with Gasteiger partial charge in [0.1, 0.15) is 16.4 Å². The summed E-state index contributed by atoms with van der Waals surface area (Å²) in [6.07, 6.45) is -11.9. The van der Waals surface area contributed by atoms with Crippen molar-refractivity contribution in [2.45, 2.75) is 53.5 Å². The van der Waals surface area contributed by atoms with Gasteiger partial charge in [-0.3, -0.25) is 0 Å². The van der Waals surface area contributed by atoms with Gasteiger partial charge in [-0.05, 0) is 61.2 Å². The molecule has 2 amide bonds. The minimum absolute atomic E-state index is 0.126. The summed E-state index contributed by atoms with van der Waals surface area (Å²) in [6, 6.07) is 11.2. The van der Waals surface area contributed by atoms with E-state index < -0.39 is 74.5 Å². The molecule has 2 aliphatic heterocycles. The second kappa shape index (κ2) is 13.4. The summed E-state index contributed by atoms with van der Waals surface area (Å²) in [5.41, 5.74) is -2.03. The lowest BCUT2D eigenvalue weighted by atomic mass is 9.88. The van der Waals surface area contributed by atoms with Gasteiger partial charge in [-0.15, -0.1) is 0 Å². The van der Waals surface area contributed by atoms with E-state index in [0.717, 1.165) is 18.2 Å². The standard InChI is InChI=1S/C33H30F8N4O4S/c34-27-2-1-3-28(35)26(27)19-49-31(32(36,37)38,33(39,40)41)23-6-4-22(5-7-23)30(50(47,48)25-10-8-24(43)9-11-25)14-17-45(20-30)29(46)44-15-12-21(18-42)13-16-44/h1-11,21H,12-17,19-20,43H2/t30-/m0/s1. The van der Waals surface area contributed by atoms with Crippen molar-refractivity contribution in [3.8, 4) is 6.07 Å². The molecule has 50 heavy (non-hydrogen) atoms. The molecular formula is C33H30F8N4O4S. The molecule has 17 heteroatoms. The van der Waals surface area contributed by atoms with Crippen LogP contribution in [0, 0.1) is 28.9 Å².